The molecule has 0 bridgehead atoms. The summed E-state index contributed by atoms with van der Waals surface area (Å²) in [7, 11) is 1.80. The number of benzene rings is 1. The minimum Gasteiger partial charge on any atom is -0.494 e. The Balaban J connectivity index is 1.40. The normalized spacial score (nSPS) is 20.3. The minimum atomic E-state index is 0.256. The number of hydrogen-bond acceptors (Lipinski definition) is 3. The van der Waals surface area contributed by atoms with E-state index in [0.717, 1.165) is 70.1 Å². The molecule has 6 heteroatoms. The number of carbonyl (C=O) groups excluding carboxylic acids is 1. The van der Waals surface area contributed by atoms with Crippen molar-refractivity contribution in [3.05, 3.63) is 29.8 Å². The van der Waals surface area contributed by atoms with Crippen LogP contribution in [0, 0.1) is 5.92 Å². The largest absolute Gasteiger partial charge is 0.494 e. The molecular weight excluding hydrogens is 376 g/mol. The standard InChI is InChI=1S/C24H38N4O2/c1-3-16-30-22-11-7-8-19(17-22)12-14-26-24(25-2)27-21-13-15-28(18-21)23(29)20-9-5-4-6-10-20/h7-8,11,17,20-21H,3-6,9-10,12-16,18H2,1-2H3,(H2,25,26,27). The number of hydrogen-bond donors (Lipinski definition) is 2. The van der Waals surface area contributed by atoms with Gasteiger partial charge in [-0.05, 0) is 49.8 Å². The average molecular weight is 415 g/mol. The fourth-order valence-corrected chi connectivity index (χ4v) is 4.41. The van der Waals surface area contributed by atoms with Gasteiger partial charge in [-0.3, -0.25) is 9.79 Å². The van der Waals surface area contributed by atoms with Crippen molar-refractivity contribution >= 4 is 11.9 Å². The summed E-state index contributed by atoms with van der Waals surface area (Å²) in [6, 6.07) is 8.56. The quantitative estimate of drug-likeness (QED) is 0.506. The molecule has 166 valence electrons. The maximum Gasteiger partial charge on any atom is 0.225 e. The molecule has 2 fully saturated rings. The molecule has 1 saturated carbocycles. The van der Waals surface area contributed by atoms with Crippen LogP contribution in [0.25, 0.3) is 0 Å². The molecule has 1 unspecified atom stereocenters. The molecule has 6 nitrogen and oxygen atoms in total. The Kier molecular flexibility index (Phi) is 8.84. The first kappa shape index (κ1) is 22.4. The van der Waals surface area contributed by atoms with Gasteiger partial charge in [0.15, 0.2) is 5.96 Å². The lowest BCUT2D eigenvalue weighted by Crippen LogP contribution is -2.46. The van der Waals surface area contributed by atoms with Crippen LogP contribution in [0.2, 0.25) is 0 Å². The van der Waals surface area contributed by atoms with E-state index in [1.165, 1.54) is 24.8 Å². The molecular formula is C24H38N4O2. The van der Waals surface area contributed by atoms with Crippen LogP contribution < -0.4 is 15.4 Å². The fraction of sp³-hybridized carbons (Fsp3) is 0.667. The molecule has 3 rings (SSSR count). The minimum absolute atomic E-state index is 0.256. The summed E-state index contributed by atoms with van der Waals surface area (Å²) >= 11 is 0. The van der Waals surface area contributed by atoms with Gasteiger partial charge in [-0.2, -0.15) is 0 Å². The van der Waals surface area contributed by atoms with Gasteiger partial charge in [-0.25, -0.2) is 0 Å². The number of guanidine groups is 1. The van der Waals surface area contributed by atoms with E-state index in [2.05, 4.69) is 39.6 Å². The second-order valence-corrected chi connectivity index (χ2v) is 8.49. The van der Waals surface area contributed by atoms with Crippen LogP contribution >= 0.6 is 0 Å². The summed E-state index contributed by atoms with van der Waals surface area (Å²) in [5, 5.41) is 6.91. The molecule has 1 atom stereocenters. The van der Waals surface area contributed by atoms with Gasteiger partial charge in [0.1, 0.15) is 5.75 Å². The van der Waals surface area contributed by atoms with Crippen molar-refractivity contribution in [3.63, 3.8) is 0 Å². The highest BCUT2D eigenvalue weighted by Gasteiger charge is 2.31. The Morgan fingerprint density at radius 1 is 1.23 bits per heavy atom. The lowest BCUT2D eigenvalue weighted by atomic mass is 9.88. The predicted molar refractivity (Wildman–Crippen MR) is 122 cm³/mol. The summed E-state index contributed by atoms with van der Waals surface area (Å²) in [6.07, 6.45) is 8.73. The maximum absolute atomic E-state index is 12.8. The smallest absolute Gasteiger partial charge is 0.225 e. The van der Waals surface area contributed by atoms with Crippen LogP contribution in [0.1, 0.15) is 57.4 Å². The van der Waals surface area contributed by atoms with E-state index in [0.29, 0.717) is 5.91 Å². The zero-order valence-electron chi connectivity index (χ0n) is 18.7. The lowest BCUT2D eigenvalue weighted by Gasteiger charge is -2.26. The zero-order valence-corrected chi connectivity index (χ0v) is 18.7. The molecule has 0 radical (unpaired) electrons. The predicted octanol–water partition coefficient (Wildman–Crippen LogP) is 3.36. The van der Waals surface area contributed by atoms with Crippen LogP contribution in [-0.2, 0) is 11.2 Å². The Morgan fingerprint density at radius 3 is 2.83 bits per heavy atom. The molecule has 2 aliphatic rings. The number of carbonyl (C=O) groups is 1. The molecule has 1 amide bonds. The molecule has 1 aromatic carbocycles. The number of ether oxygens (including phenoxy) is 1. The Morgan fingerprint density at radius 2 is 2.07 bits per heavy atom. The van der Waals surface area contributed by atoms with Gasteiger partial charge in [-0.15, -0.1) is 0 Å². The van der Waals surface area contributed by atoms with Gasteiger partial charge in [0.05, 0.1) is 6.61 Å². The third kappa shape index (κ3) is 6.64. The topological polar surface area (TPSA) is 66.0 Å². The molecule has 30 heavy (non-hydrogen) atoms. The monoisotopic (exact) mass is 414 g/mol. The van der Waals surface area contributed by atoms with E-state index in [1.54, 1.807) is 7.05 Å². The van der Waals surface area contributed by atoms with Crippen LogP contribution in [0.5, 0.6) is 5.75 Å². The van der Waals surface area contributed by atoms with Gasteiger partial charge >= 0.3 is 0 Å². The summed E-state index contributed by atoms with van der Waals surface area (Å²) < 4.78 is 5.72. The SMILES string of the molecule is CCCOc1cccc(CCNC(=NC)NC2CCN(C(=O)C3CCCCC3)C2)c1. The Bertz CT molecular complexity index is 700. The fourth-order valence-electron chi connectivity index (χ4n) is 4.41. The van der Waals surface area contributed by atoms with Crippen LogP contribution in [0.15, 0.2) is 29.3 Å². The highest BCUT2D eigenvalue weighted by Crippen LogP contribution is 2.26. The highest BCUT2D eigenvalue weighted by atomic mass is 16.5. The van der Waals surface area contributed by atoms with Gasteiger partial charge in [-0.1, -0.05) is 38.3 Å². The second kappa shape index (κ2) is 11.8. The molecule has 1 aliphatic heterocycles. The van der Waals surface area contributed by atoms with Crippen LogP contribution in [0.3, 0.4) is 0 Å². The summed E-state index contributed by atoms with van der Waals surface area (Å²) in [5.41, 5.74) is 1.25. The summed E-state index contributed by atoms with van der Waals surface area (Å²) in [6.45, 7) is 5.30. The molecule has 1 aromatic rings. The van der Waals surface area contributed by atoms with Gasteiger partial charge in [0.2, 0.25) is 5.91 Å². The molecule has 1 saturated heterocycles. The third-order valence-corrected chi connectivity index (χ3v) is 6.10. The van der Waals surface area contributed by atoms with Crippen molar-refractivity contribution in [1.29, 1.82) is 0 Å². The number of nitrogens with one attached hydrogen (secondary N) is 2. The number of rotatable bonds is 8. The zero-order chi connectivity index (χ0) is 21.2. The molecule has 1 aliphatic carbocycles. The highest BCUT2D eigenvalue weighted by molar-refractivity contribution is 5.81. The lowest BCUT2D eigenvalue weighted by molar-refractivity contribution is -0.135. The van der Waals surface area contributed by atoms with Gasteiger partial charge in [0, 0.05) is 38.6 Å². The first-order chi connectivity index (χ1) is 14.7. The molecule has 0 aromatic heterocycles. The second-order valence-electron chi connectivity index (χ2n) is 8.49. The van der Waals surface area contributed by atoms with E-state index in [4.69, 9.17) is 4.74 Å². The van der Waals surface area contributed by atoms with Gasteiger partial charge < -0.3 is 20.3 Å². The van der Waals surface area contributed by atoms with Crippen molar-refractivity contribution in [2.45, 2.75) is 64.3 Å². The first-order valence-corrected chi connectivity index (χ1v) is 11.7. The number of amides is 1. The van der Waals surface area contributed by atoms with Gasteiger partial charge in [0.25, 0.3) is 0 Å². The van der Waals surface area contributed by atoms with Crippen molar-refractivity contribution in [1.82, 2.24) is 15.5 Å². The molecule has 0 spiro atoms. The first-order valence-electron chi connectivity index (χ1n) is 11.7. The summed E-state index contributed by atoms with van der Waals surface area (Å²) in [4.78, 5) is 19.2. The van der Waals surface area contributed by atoms with Crippen molar-refractivity contribution in [2.75, 3.05) is 33.3 Å². The van der Waals surface area contributed by atoms with Crippen LogP contribution in [-0.4, -0.2) is 56.1 Å². The van der Waals surface area contributed by atoms with E-state index in [9.17, 15) is 4.79 Å². The maximum atomic E-state index is 12.8. The van der Waals surface area contributed by atoms with Crippen molar-refractivity contribution < 1.29 is 9.53 Å². The number of aliphatic imine (C=N–C) groups is 1. The third-order valence-electron chi connectivity index (χ3n) is 6.10. The number of likely N-dealkylation sites (tertiary alicyclic amines) is 1. The van der Waals surface area contributed by atoms with E-state index in [1.807, 2.05) is 12.1 Å². The Labute approximate surface area is 181 Å². The average Bonchev–Trinajstić information content (AvgIpc) is 3.26. The van der Waals surface area contributed by atoms with E-state index >= 15 is 0 Å². The van der Waals surface area contributed by atoms with Crippen LogP contribution in [0.4, 0.5) is 0 Å². The number of nitrogens with zero attached hydrogens (tertiary/aromatic N) is 2. The Hall–Kier alpha value is -2.24. The van der Waals surface area contributed by atoms with E-state index < -0.39 is 0 Å². The van der Waals surface area contributed by atoms with E-state index in [-0.39, 0.29) is 12.0 Å². The summed E-state index contributed by atoms with van der Waals surface area (Å²) in [5.74, 6) is 2.37. The van der Waals surface area contributed by atoms with Crippen molar-refractivity contribution in [3.8, 4) is 5.75 Å². The molecule has 1 heterocycles. The molecule has 2 N–H and O–H groups in total. The van der Waals surface area contributed by atoms with Crippen molar-refractivity contribution in [2.24, 2.45) is 10.9 Å².